The molecule has 4 heteroatoms. The van der Waals surface area contributed by atoms with Gasteiger partial charge < -0.3 is 5.73 Å². The first kappa shape index (κ1) is 12.0. The summed E-state index contributed by atoms with van der Waals surface area (Å²) in [5, 5.41) is 10.9. The minimum Gasteiger partial charge on any atom is -0.330 e. The Labute approximate surface area is 101 Å². The van der Waals surface area contributed by atoms with Gasteiger partial charge in [0, 0.05) is 11.6 Å². The van der Waals surface area contributed by atoms with Gasteiger partial charge in [0.2, 0.25) is 0 Å². The largest absolute Gasteiger partial charge is 0.330 e. The zero-order valence-corrected chi connectivity index (χ0v) is 10.1. The summed E-state index contributed by atoms with van der Waals surface area (Å²) >= 11 is 0. The van der Waals surface area contributed by atoms with Crippen LogP contribution in [0.5, 0.6) is 0 Å². The molecule has 0 bridgehead atoms. The predicted octanol–water partition coefficient (Wildman–Crippen LogP) is 2.67. The number of rotatable bonds is 4. The zero-order valence-electron chi connectivity index (χ0n) is 10.1. The molecule has 0 radical (unpaired) electrons. The van der Waals surface area contributed by atoms with Crippen LogP contribution in [0.2, 0.25) is 0 Å². The maximum absolute atomic E-state index is 10.9. The molecule has 1 fully saturated rings. The van der Waals surface area contributed by atoms with Gasteiger partial charge in [-0.05, 0) is 43.7 Å². The summed E-state index contributed by atoms with van der Waals surface area (Å²) in [4.78, 5) is 10.6. The van der Waals surface area contributed by atoms with Gasteiger partial charge in [0.1, 0.15) is 0 Å². The summed E-state index contributed by atoms with van der Waals surface area (Å²) < 4.78 is 0. The second kappa shape index (κ2) is 4.45. The fourth-order valence-electron chi connectivity index (χ4n) is 2.70. The second-order valence-electron chi connectivity index (χ2n) is 4.93. The molecule has 17 heavy (non-hydrogen) atoms. The van der Waals surface area contributed by atoms with Crippen molar-refractivity contribution in [3.8, 4) is 0 Å². The molecule has 0 unspecified atom stereocenters. The van der Waals surface area contributed by atoms with Gasteiger partial charge in [-0.1, -0.05) is 18.6 Å². The number of hydrogen-bond acceptors (Lipinski definition) is 3. The van der Waals surface area contributed by atoms with Crippen LogP contribution < -0.4 is 5.73 Å². The van der Waals surface area contributed by atoms with Gasteiger partial charge >= 0.3 is 0 Å². The molecular weight excluding hydrogens is 216 g/mol. The summed E-state index contributed by atoms with van der Waals surface area (Å²) in [5.74, 6) is 0. The SMILES string of the molecule is Cc1ccc(C2(CCN)CCC2)cc1[N+](=O)[O-]. The highest BCUT2D eigenvalue weighted by Crippen LogP contribution is 2.47. The van der Waals surface area contributed by atoms with Gasteiger partial charge in [-0.25, -0.2) is 0 Å². The Morgan fingerprint density at radius 3 is 2.65 bits per heavy atom. The Balaban J connectivity index is 2.38. The van der Waals surface area contributed by atoms with E-state index in [0.717, 1.165) is 30.4 Å². The van der Waals surface area contributed by atoms with Crippen molar-refractivity contribution in [2.75, 3.05) is 6.54 Å². The third kappa shape index (κ3) is 2.05. The fraction of sp³-hybridized carbons (Fsp3) is 0.538. The Hall–Kier alpha value is -1.42. The molecule has 1 aromatic rings. The van der Waals surface area contributed by atoms with Gasteiger partial charge in [0.25, 0.3) is 5.69 Å². The molecule has 0 atom stereocenters. The minimum absolute atomic E-state index is 0.104. The third-order valence-corrected chi connectivity index (χ3v) is 3.95. The van der Waals surface area contributed by atoms with Crippen LogP contribution in [0.4, 0.5) is 5.69 Å². The van der Waals surface area contributed by atoms with Gasteiger partial charge in [0.05, 0.1) is 4.92 Å². The summed E-state index contributed by atoms with van der Waals surface area (Å²) in [6.07, 6.45) is 4.32. The van der Waals surface area contributed by atoms with Crippen molar-refractivity contribution in [1.82, 2.24) is 0 Å². The van der Waals surface area contributed by atoms with Crippen LogP contribution in [-0.2, 0) is 5.41 Å². The lowest BCUT2D eigenvalue weighted by molar-refractivity contribution is -0.385. The van der Waals surface area contributed by atoms with Crippen molar-refractivity contribution < 1.29 is 4.92 Å². The molecule has 1 aliphatic rings. The van der Waals surface area contributed by atoms with Gasteiger partial charge in [-0.15, -0.1) is 0 Å². The van der Waals surface area contributed by atoms with Crippen LogP contribution in [0, 0.1) is 17.0 Å². The number of benzene rings is 1. The average molecular weight is 234 g/mol. The zero-order chi connectivity index (χ0) is 12.5. The van der Waals surface area contributed by atoms with Gasteiger partial charge in [0.15, 0.2) is 0 Å². The Bertz CT molecular complexity index is 439. The van der Waals surface area contributed by atoms with Crippen molar-refractivity contribution in [3.63, 3.8) is 0 Å². The molecule has 4 nitrogen and oxygen atoms in total. The third-order valence-electron chi connectivity index (χ3n) is 3.95. The lowest BCUT2D eigenvalue weighted by atomic mass is 9.62. The van der Waals surface area contributed by atoms with Crippen LogP contribution in [0.25, 0.3) is 0 Å². The van der Waals surface area contributed by atoms with Crippen molar-refractivity contribution in [2.45, 2.75) is 38.0 Å². The summed E-state index contributed by atoms with van der Waals surface area (Å²) in [6, 6.07) is 5.62. The molecule has 0 aromatic heterocycles. The predicted molar refractivity (Wildman–Crippen MR) is 67.0 cm³/mol. The van der Waals surface area contributed by atoms with Crippen molar-refractivity contribution in [1.29, 1.82) is 0 Å². The Morgan fingerprint density at radius 1 is 1.47 bits per heavy atom. The van der Waals surface area contributed by atoms with E-state index in [4.69, 9.17) is 5.73 Å². The first-order valence-corrected chi connectivity index (χ1v) is 6.05. The van der Waals surface area contributed by atoms with E-state index in [-0.39, 0.29) is 16.0 Å². The van der Waals surface area contributed by atoms with Crippen molar-refractivity contribution in [3.05, 3.63) is 39.4 Å². The quantitative estimate of drug-likeness (QED) is 0.643. The van der Waals surface area contributed by atoms with Crippen LogP contribution in [0.15, 0.2) is 18.2 Å². The van der Waals surface area contributed by atoms with Crippen LogP contribution in [0.1, 0.15) is 36.8 Å². The maximum Gasteiger partial charge on any atom is 0.272 e. The van der Waals surface area contributed by atoms with E-state index in [1.165, 1.54) is 6.42 Å². The number of nitrogens with zero attached hydrogens (tertiary/aromatic N) is 1. The molecule has 0 heterocycles. The topological polar surface area (TPSA) is 69.2 Å². The molecule has 0 amide bonds. The van der Waals surface area contributed by atoms with E-state index in [9.17, 15) is 10.1 Å². The highest BCUT2D eigenvalue weighted by atomic mass is 16.6. The molecule has 1 saturated carbocycles. The molecule has 0 aliphatic heterocycles. The molecule has 2 rings (SSSR count). The molecule has 2 N–H and O–H groups in total. The van der Waals surface area contributed by atoms with Crippen LogP contribution >= 0.6 is 0 Å². The Morgan fingerprint density at radius 2 is 2.18 bits per heavy atom. The molecular formula is C13H18N2O2. The summed E-state index contributed by atoms with van der Waals surface area (Å²) in [6.45, 7) is 2.42. The van der Waals surface area contributed by atoms with E-state index < -0.39 is 0 Å². The monoisotopic (exact) mass is 234 g/mol. The molecule has 0 saturated heterocycles. The first-order chi connectivity index (χ1) is 8.09. The number of aryl methyl sites for hydroxylation is 1. The fourth-order valence-corrected chi connectivity index (χ4v) is 2.70. The highest BCUT2D eigenvalue weighted by molar-refractivity contribution is 5.45. The van der Waals surface area contributed by atoms with Crippen molar-refractivity contribution >= 4 is 5.69 Å². The number of hydrogen-bond donors (Lipinski definition) is 1. The normalized spacial score (nSPS) is 17.5. The highest BCUT2D eigenvalue weighted by Gasteiger charge is 2.38. The standard InChI is InChI=1S/C13H18N2O2/c1-10-3-4-11(9-12(10)15(16)17)13(7-8-14)5-2-6-13/h3-4,9H,2,5-8,14H2,1H3. The molecule has 1 aromatic carbocycles. The Kier molecular flexibility index (Phi) is 3.15. The number of nitro benzene ring substituents is 1. The minimum atomic E-state index is -0.298. The molecule has 1 aliphatic carbocycles. The first-order valence-electron chi connectivity index (χ1n) is 6.05. The smallest absolute Gasteiger partial charge is 0.272 e. The molecule has 0 spiro atoms. The van der Waals surface area contributed by atoms with E-state index in [1.54, 1.807) is 13.0 Å². The van der Waals surface area contributed by atoms with Crippen LogP contribution in [0.3, 0.4) is 0 Å². The maximum atomic E-state index is 10.9. The van der Waals surface area contributed by atoms with Crippen molar-refractivity contribution in [2.24, 2.45) is 5.73 Å². The summed E-state index contributed by atoms with van der Waals surface area (Å²) in [5.41, 5.74) is 7.80. The van der Waals surface area contributed by atoms with Crippen LogP contribution in [-0.4, -0.2) is 11.5 Å². The number of nitro groups is 1. The van der Waals surface area contributed by atoms with Gasteiger partial charge in [-0.3, -0.25) is 10.1 Å². The van der Waals surface area contributed by atoms with E-state index in [1.807, 2.05) is 12.1 Å². The van der Waals surface area contributed by atoms with E-state index >= 15 is 0 Å². The second-order valence-corrected chi connectivity index (χ2v) is 4.93. The lowest BCUT2D eigenvalue weighted by Crippen LogP contribution is -2.36. The molecule has 92 valence electrons. The van der Waals surface area contributed by atoms with Gasteiger partial charge in [-0.2, -0.15) is 0 Å². The lowest BCUT2D eigenvalue weighted by Gasteiger charge is -2.42. The number of nitrogens with two attached hydrogens (primary N) is 1. The van der Waals surface area contributed by atoms with E-state index in [0.29, 0.717) is 6.54 Å². The van der Waals surface area contributed by atoms with E-state index in [2.05, 4.69) is 0 Å². The average Bonchev–Trinajstić information content (AvgIpc) is 2.24. The summed E-state index contributed by atoms with van der Waals surface area (Å²) in [7, 11) is 0.